The summed E-state index contributed by atoms with van der Waals surface area (Å²) in [5, 5.41) is 7.17. The van der Waals surface area contributed by atoms with Gasteiger partial charge in [-0.25, -0.2) is 4.98 Å². The molecule has 8 heteroatoms. The summed E-state index contributed by atoms with van der Waals surface area (Å²) in [6.07, 6.45) is 1.84. The minimum Gasteiger partial charge on any atom is -0.509 e. The minimum absolute atomic E-state index is 0. The molecule has 0 spiro atoms. The largest absolute Gasteiger partial charge is 2.00 e. The van der Waals surface area contributed by atoms with Gasteiger partial charge in [0, 0.05) is 34.5 Å². The molecule has 0 aliphatic rings. The third-order valence-corrected chi connectivity index (χ3v) is 9.10. The second-order valence-electron chi connectivity index (χ2n) is 11.9. The summed E-state index contributed by atoms with van der Waals surface area (Å²) >= 11 is 0. The number of pyridine rings is 1. The quantitative estimate of drug-likeness (QED) is 0.121. The Bertz CT molecular complexity index is 2310. The third-order valence-electron chi connectivity index (χ3n) is 9.10. The summed E-state index contributed by atoms with van der Waals surface area (Å²) < 4.78 is 22.4. The van der Waals surface area contributed by atoms with Gasteiger partial charge < -0.3 is 18.8 Å². The Kier molecular flexibility index (Phi) is 8.91. The molecule has 0 radical (unpaired) electrons. The molecule has 48 heavy (non-hydrogen) atoms. The molecular formula is C40H36N4O3Pd. The van der Waals surface area contributed by atoms with Crippen LogP contribution in [0, 0.1) is 53.7 Å². The van der Waals surface area contributed by atoms with Crippen LogP contribution in [0.3, 0.4) is 0 Å². The molecule has 4 aromatic carbocycles. The first-order valence-corrected chi connectivity index (χ1v) is 15.6. The predicted octanol–water partition coefficient (Wildman–Crippen LogP) is 9.29. The molecule has 0 saturated carbocycles. The van der Waals surface area contributed by atoms with Gasteiger partial charge in [-0.2, -0.15) is 17.2 Å². The van der Waals surface area contributed by atoms with E-state index in [-0.39, 0.29) is 20.4 Å². The Balaban J connectivity index is 0.00000401. The second-order valence-corrected chi connectivity index (χ2v) is 11.9. The molecule has 0 aliphatic carbocycles. The summed E-state index contributed by atoms with van der Waals surface area (Å²) in [5.74, 6) is 3.56. The summed E-state index contributed by atoms with van der Waals surface area (Å²) in [7, 11) is 3.41. The topological polar surface area (TPSA) is 63.3 Å². The van der Waals surface area contributed by atoms with Crippen LogP contribution in [0.5, 0.6) is 23.0 Å². The van der Waals surface area contributed by atoms with E-state index < -0.39 is 0 Å². The van der Waals surface area contributed by atoms with Crippen molar-refractivity contribution in [1.29, 1.82) is 0 Å². The third kappa shape index (κ3) is 5.36. The fourth-order valence-corrected chi connectivity index (χ4v) is 6.63. The SMILES string of the molecule is COc1c(C)c(C)c(C)c(OC)c1-c1c(C)nn(-c2[c-]c(Oc3[c-]c4c(cc3)c3ccccc3n4-c3cc(C)ccn3)ccc2)c1C.[Pd+2]. The van der Waals surface area contributed by atoms with Crippen molar-refractivity contribution in [2.45, 2.75) is 41.5 Å². The monoisotopic (exact) mass is 726 g/mol. The van der Waals surface area contributed by atoms with Crippen molar-refractivity contribution in [1.82, 2.24) is 19.3 Å². The molecule has 7 nitrogen and oxygen atoms in total. The van der Waals surface area contributed by atoms with Gasteiger partial charge in [-0.15, -0.1) is 35.7 Å². The van der Waals surface area contributed by atoms with Crippen molar-refractivity contribution in [3.05, 3.63) is 119 Å². The van der Waals surface area contributed by atoms with Gasteiger partial charge in [0.25, 0.3) is 0 Å². The number of hydrogen-bond donors (Lipinski definition) is 0. The van der Waals surface area contributed by atoms with Gasteiger partial charge in [0.1, 0.15) is 17.3 Å². The van der Waals surface area contributed by atoms with Crippen molar-refractivity contribution in [3.8, 4) is 45.6 Å². The Labute approximate surface area is 294 Å². The fraction of sp³-hybridized carbons (Fsp3) is 0.200. The average molecular weight is 727 g/mol. The molecular weight excluding hydrogens is 691 g/mol. The van der Waals surface area contributed by atoms with Crippen LogP contribution in [-0.4, -0.2) is 33.6 Å². The van der Waals surface area contributed by atoms with Crippen molar-refractivity contribution >= 4 is 21.8 Å². The Hall–Kier alpha value is -4.90. The van der Waals surface area contributed by atoms with Crippen molar-refractivity contribution in [3.63, 3.8) is 0 Å². The zero-order chi connectivity index (χ0) is 33.0. The Morgan fingerprint density at radius 1 is 0.688 bits per heavy atom. The van der Waals surface area contributed by atoms with Crippen molar-refractivity contribution in [2.75, 3.05) is 14.2 Å². The van der Waals surface area contributed by atoms with E-state index in [1.165, 1.54) is 0 Å². The smallest absolute Gasteiger partial charge is 0.509 e. The number of hydrogen-bond acceptors (Lipinski definition) is 5. The van der Waals surface area contributed by atoms with Crippen LogP contribution in [-0.2, 0) is 20.4 Å². The zero-order valence-electron chi connectivity index (χ0n) is 28.3. The zero-order valence-corrected chi connectivity index (χ0v) is 29.8. The number of fused-ring (bicyclic) bond motifs is 3. The van der Waals surface area contributed by atoms with Gasteiger partial charge in [0.2, 0.25) is 0 Å². The maximum absolute atomic E-state index is 6.41. The Morgan fingerprint density at radius 2 is 1.40 bits per heavy atom. The van der Waals surface area contributed by atoms with Gasteiger partial charge in [0.15, 0.2) is 0 Å². The van der Waals surface area contributed by atoms with E-state index in [9.17, 15) is 0 Å². The Morgan fingerprint density at radius 3 is 2.10 bits per heavy atom. The average Bonchev–Trinajstić information content (AvgIpc) is 3.56. The van der Waals surface area contributed by atoms with E-state index in [0.717, 1.165) is 89.6 Å². The van der Waals surface area contributed by atoms with Crippen LogP contribution in [0.4, 0.5) is 0 Å². The molecule has 3 aromatic heterocycles. The van der Waals surface area contributed by atoms with Crippen LogP contribution in [0.2, 0.25) is 0 Å². The molecule has 0 atom stereocenters. The number of rotatable bonds is 7. The van der Waals surface area contributed by atoms with Crippen LogP contribution in [0.1, 0.15) is 33.6 Å². The molecule has 0 unspecified atom stereocenters. The number of aromatic nitrogens is 4. The molecule has 0 bridgehead atoms. The van der Waals surface area contributed by atoms with E-state index in [4.69, 9.17) is 19.3 Å². The van der Waals surface area contributed by atoms with E-state index in [0.29, 0.717) is 11.5 Å². The maximum Gasteiger partial charge on any atom is 2.00 e. The first-order valence-electron chi connectivity index (χ1n) is 15.6. The van der Waals surface area contributed by atoms with E-state index in [1.54, 1.807) is 14.2 Å². The fourth-order valence-electron chi connectivity index (χ4n) is 6.63. The van der Waals surface area contributed by atoms with E-state index in [2.05, 4.69) is 86.6 Å². The van der Waals surface area contributed by atoms with Gasteiger partial charge in [-0.1, -0.05) is 23.7 Å². The number of ether oxygens (including phenoxy) is 3. The molecule has 0 amide bonds. The van der Waals surface area contributed by atoms with Crippen molar-refractivity contribution < 1.29 is 34.6 Å². The molecule has 7 rings (SSSR count). The minimum atomic E-state index is 0. The van der Waals surface area contributed by atoms with E-state index in [1.807, 2.05) is 54.2 Å². The molecule has 244 valence electrons. The van der Waals surface area contributed by atoms with Crippen molar-refractivity contribution in [2.24, 2.45) is 0 Å². The molecule has 0 aliphatic heterocycles. The van der Waals surface area contributed by atoms with Crippen LogP contribution in [0.15, 0.2) is 72.9 Å². The molecule has 0 N–H and O–H groups in total. The number of para-hydroxylation sites is 1. The van der Waals surface area contributed by atoms with Crippen LogP contribution in [0.25, 0.3) is 44.4 Å². The maximum atomic E-state index is 6.41. The second kappa shape index (κ2) is 13.0. The number of benzene rings is 4. The molecule has 7 aromatic rings. The summed E-state index contributed by atoms with van der Waals surface area (Å²) in [4.78, 5) is 4.69. The van der Waals surface area contributed by atoms with Gasteiger partial charge in [-0.05, 0) is 93.1 Å². The number of aryl methyl sites for hydroxylation is 2. The van der Waals surface area contributed by atoms with Gasteiger partial charge in [0.05, 0.1) is 25.5 Å². The summed E-state index contributed by atoms with van der Waals surface area (Å²) in [5.41, 5.74) is 10.8. The van der Waals surface area contributed by atoms with Crippen LogP contribution >= 0.6 is 0 Å². The van der Waals surface area contributed by atoms with Crippen LogP contribution < -0.4 is 14.2 Å². The number of methoxy groups -OCH3 is 2. The first-order chi connectivity index (χ1) is 22.7. The molecule has 3 heterocycles. The van der Waals surface area contributed by atoms with E-state index >= 15 is 0 Å². The van der Waals surface area contributed by atoms with Gasteiger partial charge >= 0.3 is 20.4 Å². The normalized spacial score (nSPS) is 11.2. The summed E-state index contributed by atoms with van der Waals surface area (Å²) in [6, 6.07) is 29.2. The first kappa shape index (κ1) is 33.0. The summed E-state index contributed by atoms with van der Waals surface area (Å²) in [6.45, 7) is 12.4. The molecule has 0 fully saturated rings. The standard InChI is InChI=1S/C40H36N4O3.Pd/c1-23-18-19-41-36(20-23)43-34-15-10-9-14-32(34)33-17-16-31(22-35(33)43)47-30-13-11-12-29(21-30)44-28(6)37(27(5)42-44)38-39(45-7)25(3)24(2)26(4)40(38)46-8;/h9-20H,1-8H3;/q-2;+2. The molecule has 0 saturated heterocycles. The predicted molar refractivity (Wildman–Crippen MR) is 187 cm³/mol. The van der Waals surface area contributed by atoms with Gasteiger partial charge in [-0.3, -0.25) is 4.68 Å². The number of nitrogens with zero attached hydrogens (tertiary/aromatic N) is 4.